The van der Waals surface area contributed by atoms with Crippen LogP contribution < -0.4 is 5.32 Å². The lowest BCUT2D eigenvalue weighted by Crippen LogP contribution is -2.53. The molecule has 3 aromatic carbocycles. The van der Waals surface area contributed by atoms with E-state index in [0.717, 1.165) is 16.7 Å². The highest BCUT2D eigenvalue weighted by Gasteiger charge is 2.39. The van der Waals surface area contributed by atoms with Crippen molar-refractivity contribution in [1.82, 2.24) is 5.32 Å². The van der Waals surface area contributed by atoms with Crippen molar-refractivity contribution in [2.75, 3.05) is 0 Å². The van der Waals surface area contributed by atoms with Gasteiger partial charge in [0.1, 0.15) is 6.04 Å². The van der Waals surface area contributed by atoms with Crippen LogP contribution in [0, 0.1) is 5.92 Å². The van der Waals surface area contributed by atoms with Gasteiger partial charge in [-0.2, -0.15) is 0 Å². The van der Waals surface area contributed by atoms with E-state index in [-0.39, 0.29) is 5.92 Å². The zero-order chi connectivity index (χ0) is 20.0. The average Bonchev–Trinajstić information content (AvgIpc) is 2.72. The van der Waals surface area contributed by atoms with Crippen molar-refractivity contribution in [3.05, 3.63) is 108 Å². The molecule has 3 aromatic rings. The van der Waals surface area contributed by atoms with Crippen LogP contribution in [0.1, 0.15) is 37.0 Å². The van der Waals surface area contributed by atoms with Crippen LogP contribution in [-0.4, -0.2) is 17.1 Å². The summed E-state index contributed by atoms with van der Waals surface area (Å²) in [5.41, 5.74) is 2.29. The summed E-state index contributed by atoms with van der Waals surface area (Å²) in [6.45, 7) is 4.10. The maximum absolute atomic E-state index is 12.1. The number of hydrogen-bond donors (Lipinski definition) is 2. The minimum atomic E-state index is -0.833. The third-order valence-corrected chi connectivity index (χ3v) is 5.02. The van der Waals surface area contributed by atoms with Gasteiger partial charge in [-0.25, -0.2) is 0 Å². The van der Waals surface area contributed by atoms with E-state index >= 15 is 0 Å². The molecule has 28 heavy (non-hydrogen) atoms. The van der Waals surface area contributed by atoms with E-state index in [2.05, 4.69) is 41.7 Å². The van der Waals surface area contributed by atoms with Crippen molar-refractivity contribution in [3.63, 3.8) is 0 Å². The number of rotatable bonds is 8. The van der Waals surface area contributed by atoms with Gasteiger partial charge in [-0.05, 0) is 29.0 Å². The molecule has 144 valence electrons. The predicted molar refractivity (Wildman–Crippen MR) is 113 cm³/mol. The first-order valence-electron chi connectivity index (χ1n) is 9.71. The fraction of sp³-hybridized carbons (Fsp3) is 0.240. The van der Waals surface area contributed by atoms with E-state index in [0.29, 0.717) is 6.42 Å². The highest BCUT2D eigenvalue weighted by atomic mass is 16.4. The van der Waals surface area contributed by atoms with Gasteiger partial charge in [0.2, 0.25) is 0 Å². The molecular formula is C25H27NO2. The van der Waals surface area contributed by atoms with E-state index in [1.807, 2.05) is 68.4 Å². The normalized spacial score (nSPS) is 12.7. The monoisotopic (exact) mass is 373 g/mol. The quantitative estimate of drug-likeness (QED) is 0.542. The summed E-state index contributed by atoms with van der Waals surface area (Å²) in [6.07, 6.45) is 0.545. The zero-order valence-electron chi connectivity index (χ0n) is 16.4. The highest BCUT2D eigenvalue weighted by Crippen LogP contribution is 2.37. The van der Waals surface area contributed by atoms with E-state index < -0.39 is 17.6 Å². The van der Waals surface area contributed by atoms with Crippen LogP contribution in [0.25, 0.3) is 0 Å². The van der Waals surface area contributed by atoms with Gasteiger partial charge in [-0.15, -0.1) is 0 Å². The van der Waals surface area contributed by atoms with Gasteiger partial charge in [0.05, 0.1) is 5.54 Å². The van der Waals surface area contributed by atoms with E-state index in [1.165, 1.54) is 0 Å². The Morgan fingerprint density at radius 1 is 0.786 bits per heavy atom. The molecule has 0 aliphatic carbocycles. The second kappa shape index (κ2) is 8.85. The topological polar surface area (TPSA) is 49.3 Å². The summed E-state index contributed by atoms with van der Waals surface area (Å²) in [6, 6.07) is 29.6. The molecule has 0 saturated carbocycles. The van der Waals surface area contributed by atoms with Crippen LogP contribution in [0.5, 0.6) is 0 Å². The molecule has 0 aromatic heterocycles. The Morgan fingerprint density at radius 2 is 1.14 bits per heavy atom. The third-order valence-electron chi connectivity index (χ3n) is 5.02. The van der Waals surface area contributed by atoms with Crippen molar-refractivity contribution in [2.24, 2.45) is 5.92 Å². The van der Waals surface area contributed by atoms with Crippen LogP contribution in [0.3, 0.4) is 0 Å². The smallest absolute Gasteiger partial charge is 0.320 e. The van der Waals surface area contributed by atoms with Crippen molar-refractivity contribution in [1.29, 1.82) is 0 Å². The fourth-order valence-corrected chi connectivity index (χ4v) is 3.77. The molecule has 3 heteroatoms. The number of carboxylic acids is 1. The van der Waals surface area contributed by atoms with Crippen molar-refractivity contribution in [2.45, 2.75) is 31.8 Å². The summed E-state index contributed by atoms with van der Waals surface area (Å²) in [4.78, 5) is 12.1. The summed E-state index contributed by atoms with van der Waals surface area (Å²) >= 11 is 0. The van der Waals surface area contributed by atoms with Gasteiger partial charge in [-0.3, -0.25) is 10.1 Å². The molecule has 0 fully saturated rings. The minimum Gasteiger partial charge on any atom is -0.480 e. The van der Waals surface area contributed by atoms with Crippen LogP contribution in [0.4, 0.5) is 0 Å². The standard InChI is InChI=1S/C25H27NO2/c1-19(2)18-23(24(27)28)26-25(20-12-6-3-7-13-20,21-14-8-4-9-15-21)22-16-10-5-11-17-22/h3-17,19,23,26H,18H2,1-2H3,(H,27,28)/t23-/m0/s1. The molecule has 3 rings (SSSR count). The largest absolute Gasteiger partial charge is 0.480 e. The fourth-order valence-electron chi connectivity index (χ4n) is 3.77. The van der Waals surface area contributed by atoms with E-state index in [1.54, 1.807) is 0 Å². The lowest BCUT2D eigenvalue weighted by molar-refractivity contribution is -0.140. The third kappa shape index (κ3) is 4.15. The molecule has 0 heterocycles. The number of benzene rings is 3. The second-order valence-electron chi connectivity index (χ2n) is 7.51. The lowest BCUT2D eigenvalue weighted by Gasteiger charge is -2.39. The summed E-state index contributed by atoms with van der Waals surface area (Å²) in [7, 11) is 0. The van der Waals surface area contributed by atoms with E-state index in [9.17, 15) is 9.90 Å². The Balaban J connectivity index is 2.26. The molecule has 3 nitrogen and oxygen atoms in total. The Hall–Kier alpha value is -2.91. The maximum Gasteiger partial charge on any atom is 0.320 e. The number of nitrogens with one attached hydrogen (secondary N) is 1. The molecule has 0 amide bonds. The van der Waals surface area contributed by atoms with Crippen LogP contribution in [-0.2, 0) is 10.3 Å². The first-order chi connectivity index (χ1) is 13.5. The highest BCUT2D eigenvalue weighted by molar-refractivity contribution is 5.74. The van der Waals surface area contributed by atoms with Crippen molar-refractivity contribution < 1.29 is 9.90 Å². The van der Waals surface area contributed by atoms with E-state index in [4.69, 9.17) is 0 Å². The number of hydrogen-bond acceptors (Lipinski definition) is 2. The lowest BCUT2D eigenvalue weighted by atomic mass is 9.76. The summed E-state index contributed by atoms with van der Waals surface area (Å²) in [5.74, 6) is -0.575. The van der Waals surface area contributed by atoms with Crippen LogP contribution >= 0.6 is 0 Å². The predicted octanol–water partition coefficient (Wildman–Crippen LogP) is 5.07. The van der Waals surface area contributed by atoms with Crippen LogP contribution in [0.2, 0.25) is 0 Å². The Kier molecular flexibility index (Phi) is 6.27. The molecule has 0 unspecified atom stereocenters. The number of carboxylic acid groups (broad SMARTS) is 1. The van der Waals surface area contributed by atoms with Crippen molar-refractivity contribution >= 4 is 5.97 Å². The zero-order valence-corrected chi connectivity index (χ0v) is 16.4. The summed E-state index contributed by atoms with van der Waals surface area (Å²) in [5, 5.41) is 13.5. The molecule has 1 atom stereocenters. The van der Waals surface area contributed by atoms with Crippen LogP contribution in [0.15, 0.2) is 91.0 Å². The Morgan fingerprint density at radius 3 is 1.43 bits per heavy atom. The minimum absolute atomic E-state index is 0.258. The van der Waals surface area contributed by atoms with Gasteiger partial charge < -0.3 is 5.11 Å². The van der Waals surface area contributed by atoms with Gasteiger partial charge in [0, 0.05) is 0 Å². The van der Waals surface area contributed by atoms with Gasteiger partial charge in [0.25, 0.3) is 0 Å². The van der Waals surface area contributed by atoms with Gasteiger partial charge in [-0.1, -0.05) is 105 Å². The molecule has 0 spiro atoms. The summed E-state index contributed by atoms with van der Waals surface area (Å²) < 4.78 is 0. The average molecular weight is 373 g/mol. The second-order valence-corrected chi connectivity index (χ2v) is 7.51. The van der Waals surface area contributed by atoms with Gasteiger partial charge in [0.15, 0.2) is 0 Å². The molecule has 0 saturated heterocycles. The first-order valence-corrected chi connectivity index (χ1v) is 9.71. The number of aliphatic carboxylic acids is 1. The number of carbonyl (C=O) groups is 1. The van der Waals surface area contributed by atoms with Gasteiger partial charge >= 0.3 is 5.97 Å². The first kappa shape index (κ1) is 19.8. The SMILES string of the molecule is CC(C)C[C@H](NC(c1ccccc1)(c1ccccc1)c1ccccc1)C(=O)O. The van der Waals surface area contributed by atoms with Crippen molar-refractivity contribution in [3.8, 4) is 0 Å². The molecule has 0 bridgehead atoms. The maximum atomic E-state index is 12.1. The molecular weight excluding hydrogens is 346 g/mol. The Labute approximate surface area is 167 Å². The molecule has 0 radical (unpaired) electrons. The molecule has 0 aliphatic rings. The molecule has 2 N–H and O–H groups in total. The molecule has 0 aliphatic heterocycles. The Bertz CT molecular complexity index is 780.